The van der Waals surface area contributed by atoms with Gasteiger partial charge in [-0.2, -0.15) is 5.10 Å². The van der Waals surface area contributed by atoms with Crippen molar-refractivity contribution in [3.05, 3.63) is 41.2 Å². The molecular formula is C12H12N4O3. The molecule has 7 nitrogen and oxygen atoms in total. The lowest BCUT2D eigenvalue weighted by Gasteiger charge is -2.05. The van der Waals surface area contributed by atoms with Crippen molar-refractivity contribution in [1.29, 1.82) is 0 Å². The third-order valence-corrected chi connectivity index (χ3v) is 2.69. The van der Waals surface area contributed by atoms with Crippen molar-refractivity contribution in [1.82, 2.24) is 9.78 Å². The van der Waals surface area contributed by atoms with E-state index in [1.807, 2.05) is 0 Å². The molecule has 0 unspecified atom stereocenters. The lowest BCUT2D eigenvalue weighted by molar-refractivity contribution is 0.0691. The second kappa shape index (κ2) is 4.45. The number of nitrogens with two attached hydrogens (primary N) is 2. The summed E-state index contributed by atoms with van der Waals surface area (Å²) in [6.45, 7) is 1.73. The molecule has 19 heavy (non-hydrogen) atoms. The van der Waals surface area contributed by atoms with Gasteiger partial charge in [-0.15, -0.1) is 0 Å². The second-order valence-electron chi connectivity index (χ2n) is 4.05. The summed E-state index contributed by atoms with van der Waals surface area (Å²) in [7, 11) is 0. The molecule has 0 aliphatic heterocycles. The van der Waals surface area contributed by atoms with Crippen LogP contribution >= 0.6 is 0 Å². The molecular weight excluding hydrogens is 248 g/mol. The van der Waals surface area contributed by atoms with Crippen LogP contribution in [0.25, 0.3) is 5.69 Å². The maximum absolute atomic E-state index is 11.1. The molecule has 0 spiro atoms. The summed E-state index contributed by atoms with van der Waals surface area (Å²) in [4.78, 5) is 22.0. The average Bonchev–Trinajstić information content (AvgIpc) is 2.70. The predicted octanol–water partition coefficient (Wildman–Crippen LogP) is 0.560. The van der Waals surface area contributed by atoms with E-state index in [1.165, 1.54) is 10.9 Å². The zero-order chi connectivity index (χ0) is 14.2. The molecule has 1 aromatic carbocycles. The molecule has 0 saturated heterocycles. The van der Waals surface area contributed by atoms with Crippen LogP contribution in [0.4, 0.5) is 5.69 Å². The number of aryl methyl sites for hydroxylation is 1. The van der Waals surface area contributed by atoms with Gasteiger partial charge in [-0.1, -0.05) is 0 Å². The number of carbonyl (C=O) groups excluding carboxylic acids is 1. The van der Waals surface area contributed by atoms with E-state index in [-0.39, 0.29) is 11.4 Å². The molecule has 5 N–H and O–H groups in total. The molecule has 0 saturated carbocycles. The van der Waals surface area contributed by atoms with Crippen molar-refractivity contribution >= 4 is 17.6 Å². The fourth-order valence-electron chi connectivity index (χ4n) is 1.75. The Labute approximate surface area is 108 Å². The van der Waals surface area contributed by atoms with Gasteiger partial charge in [0.1, 0.15) is 0 Å². The maximum Gasteiger partial charge on any atom is 0.358 e. The molecule has 0 fully saturated rings. The van der Waals surface area contributed by atoms with E-state index in [0.717, 1.165) is 0 Å². The SMILES string of the molecule is Cc1cc(-n2cc(N)c(C(=O)O)n2)ccc1C(N)=O. The monoisotopic (exact) mass is 260 g/mol. The summed E-state index contributed by atoms with van der Waals surface area (Å²) in [6, 6.07) is 4.86. The number of hydrogen-bond donors (Lipinski definition) is 3. The number of nitrogens with zero attached hydrogens (tertiary/aromatic N) is 2. The first-order chi connectivity index (χ1) is 8.90. The van der Waals surface area contributed by atoms with Gasteiger partial charge >= 0.3 is 5.97 Å². The van der Waals surface area contributed by atoms with Crippen LogP contribution in [0.5, 0.6) is 0 Å². The number of carboxylic acids is 1. The van der Waals surface area contributed by atoms with Crippen LogP contribution in [0.1, 0.15) is 26.4 Å². The van der Waals surface area contributed by atoms with Gasteiger partial charge in [-0.25, -0.2) is 9.48 Å². The van der Waals surface area contributed by atoms with Gasteiger partial charge in [0.2, 0.25) is 5.91 Å². The van der Waals surface area contributed by atoms with Crippen LogP contribution in [-0.4, -0.2) is 26.8 Å². The summed E-state index contributed by atoms with van der Waals surface area (Å²) in [5, 5.41) is 12.8. The minimum absolute atomic E-state index is 0.0733. The summed E-state index contributed by atoms with van der Waals surface area (Å²) >= 11 is 0. The second-order valence-corrected chi connectivity index (χ2v) is 4.05. The number of anilines is 1. The van der Waals surface area contributed by atoms with Gasteiger partial charge in [0.25, 0.3) is 0 Å². The molecule has 0 bridgehead atoms. The Morgan fingerprint density at radius 3 is 2.53 bits per heavy atom. The molecule has 0 radical (unpaired) electrons. The first-order valence-electron chi connectivity index (χ1n) is 5.39. The number of benzene rings is 1. The van der Waals surface area contributed by atoms with Crippen molar-refractivity contribution < 1.29 is 14.7 Å². The van der Waals surface area contributed by atoms with E-state index in [9.17, 15) is 9.59 Å². The summed E-state index contributed by atoms with van der Waals surface area (Å²) < 4.78 is 1.34. The predicted molar refractivity (Wildman–Crippen MR) is 68.2 cm³/mol. The molecule has 1 heterocycles. The number of carboxylic acid groups (broad SMARTS) is 1. The Kier molecular flexibility index (Phi) is 2.95. The summed E-state index contributed by atoms with van der Waals surface area (Å²) in [5.41, 5.74) is 12.3. The lowest BCUT2D eigenvalue weighted by atomic mass is 10.1. The Hall–Kier alpha value is -2.83. The van der Waals surface area contributed by atoms with Crippen LogP contribution in [0, 0.1) is 6.92 Å². The molecule has 2 rings (SSSR count). The van der Waals surface area contributed by atoms with Gasteiger partial charge in [0.15, 0.2) is 5.69 Å². The lowest BCUT2D eigenvalue weighted by Crippen LogP contribution is -2.13. The largest absolute Gasteiger partial charge is 0.476 e. The first kappa shape index (κ1) is 12.6. The van der Waals surface area contributed by atoms with E-state index < -0.39 is 11.9 Å². The number of aromatic nitrogens is 2. The summed E-state index contributed by atoms with van der Waals surface area (Å²) in [5.74, 6) is -1.71. The summed E-state index contributed by atoms with van der Waals surface area (Å²) in [6.07, 6.45) is 1.40. The van der Waals surface area contributed by atoms with Crippen molar-refractivity contribution in [2.45, 2.75) is 6.92 Å². The number of rotatable bonds is 3. The molecule has 1 amide bonds. The van der Waals surface area contributed by atoms with Gasteiger partial charge in [-0.3, -0.25) is 4.79 Å². The van der Waals surface area contributed by atoms with E-state index in [4.69, 9.17) is 16.6 Å². The molecule has 0 atom stereocenters. The van der Waals surface area contributed by atoms with Crippen LogP contribution in [0.2, 0.25) is 0 Å². The van der Waals surface area contributed by atoms with Crippen LogP contribution in [-0.2, 0) is 0 Å². The Bertz CT molecular complexity index is 676. The quantitative estimate of drug-likeness (QED) is 0.743. The van der Waals surface area contributed by atoms with Crippen molar-refractivity contribution in [3.63, 3.8) is 0 Å². The Morgan fingerprint density at radius 1 is 1.37 bits per heavy atom. The van der Waals surface area contributed by atoms with Crippen molar-refractivity contribution in [3.8, 4) is 5.69 Å². The van der Waals surface area contributed by atoms with Crippen LogP contribution in [0.3, 0.4) is 0 Å². The Morgan fingerprint density at radius 2 is 2.05 bits per heavy atom. The highest BCUT2D eigenvalue weighted by molar-refractivity contribution is 5.94. The number of aromatic carboxylic acids is 1. The molecule has 0 aliphatic carbocycles. The zero-order valence-electron chi connectivity index (χ0n) is 10.1. The third kappa shape index (κ3) is 2.25. The molecule has 2 aromatic rings. The van der Waals surface area contributed by atoms with Crippen LogP contribution in [0.15, 0.2) is 24.4 Å². The minimum atomic E-state index is -1.19. The van der Waals surface area contributed by atoms with Crippen molar-refractivity contribution in [2.75, 3.05) is 5.73 Å². The smallest absolute Gasteiger partial charge is 0.358 e. The highest BCUT2D eigenvalue weighted by atomic mass is 16.4. The van der Waals surface area contributed by atoms with Gasteiger partial charge < -0.3 is 16.6 Å². The van der Waals surface area contributed by atoms with Gasteiger partial charge in [-0.05, 0) is 30.7 Å². The number of carbonyl (C=O) groups is 2. The standard InChI is InChI=1S/C12H12N4O3/c1-6-4-7(2-3-8(6)11(14)17)16-5-9(13)10(15-16)12(18)19/h2-5H,13H2,1H3,(H2,14,17)(H,18,19). The van der Waals surface area contributed by atoms with E-state index >= 15 is 0 Å². The highest BCUT2D eigenvalue weighted by Crippen LogP contribution is 2.17. The third-order valence-electron chi connectivity index (χ3n) is 2.69. The van der Waals surface area contributed by atoms with Gasteiger partial charge in [0, 0.05) is 5.56 Å². The number of amides is 1. The molecule has 7 heteroatoms. The van der Waals surface area contributed by atoms with Crippen molar-refractivity contribution in [2.24, 2.45) is 5.73 Å². The number of primary amides is 1. The molecule has 98 valence electrons. The average molecular weight is 260 g/mol. The van der Waals surface area contributed by atoms with E-state index in [0.29, 0.717) is 16.8 Å². The Balaban J connectivity index is 2.48. The van der Waals surface area contributed by atoms with E-state index in [1.54, 1.807) is 25.1 Å². The maximum atomic E-state index is 11.1. The molecule has 0 aliphatic rings. The first-order valence-corrected chi connectivity index (χ1v) is 5.39. The minimum Gasteiger partial charge on any atom is -0.476 e. The van der Waals surface area contributed by atoms with Crippen LogP contribution < -0.4 is 11.5 Å². The zero-order valence-corrected chi connectivity index (χ0v) is 10.1. The fraction of sp³-hybridized carbons (Fsp3) is 0.0833. The normalized spacial score (nSPS) is 10.4. The topological polar surface area (TPSA) is 124 Å². The van der Waals surface area contributed by atoms with Gasteiger partial charge in [0.05, 0.1) is 17.6 Å². The van der Waals surface area contributed by atoms with E-state index in [2.05, 4.69) is 5.10 Å². The fourth-order valence-corrected chi connectivity index (χ4v) is 1.75. The molecule has 1 aromatic heterocycles. The number of hydrogen-bond acceptors (Lipinski definition) is 4. The number of nitrogen functional groups attached to an aromatic ring is 1. The highest BCUT2D eigenvalue weighted by Gasteiger charge is 2.14.